The lowest BCUT2D eigenvalue weighted by atomic mass is 10.2. The van der Waals surface area contributed by atoms with Gasteiger partial charge in [0.25, 0.3) is 5.69 Å². The Labute approximate surface area is 93.0 Å². The molecular weight excluding hydrogens is 265 g/mol. The Hall–Kier alpha value is -1.68. The smallest absolute Gasteiger partial charge is 0.258 e. The topological polar surface area (TPSA) is 103 Å². The van der Waals surface area contributed by atoms with Gasteiger partial charge in [-0.3, -0.25) is 10.1 Å². The Morgan fingerprint density at radius 2 is 1.82 bits per heavy atom. The molecular formula is C7H5F3N2O4S. The maximum absolute atomic E-state index is 12.3. The van der Waals surface area contributed by atoms with Crippen LogP contribution in [0.4, 0.5) is 18.9 Å². The first kappa shape index (κ1) is 13.4. The molecule has 94 valence electrons. The van der Waals surface area contributed by atoms with Crippen molar-refractivity contribution < 1.29 is 26.5 Å². The Morgan fingerprint density at radius 1 is 1.29 bits per heavy atom. The average Bonchev–Trinajstić information content (AvgIpc) is 2.14. The second-order valence-corrected chi connectivity index (χ2v) is 4.51. The summed E-state index contributed by atoms with van der Waals surface area (Å²) < 4.78 is 58.7. The van der Waals surface area contributed by atoms with E-state index in [1.165, 1.54) is 0 Å². The van der Waals surface area contributed by atoms with Crippen molar-refractivity contribution >= 4 is 15.7 Å². The van der Waals surface area contributed by atoms with Crippen molar-refractivity contribution in [3.8, 4) is 0 Å². The lowest BCUT2D eigenvalue weighted by molar-refractivity contribution is -0.387. The zero-order chi connectivity index (χ0) is 13.4. The maximum Gasteiger partial charge on any atom is 0.416 e. The Morgan fingerprint density at radius 3 is 2.18 bits per heavy atom. The van der Waals surface area contributed by atoms with Gasteiger partial charge in [-0.2, -0.15) is 13.2 Å². The largest absolute Gasteiger partial charge is 0.416 e. The lowest BCUT2D eigenvalue weighted by Gasteiger charge is -2.08. The van der Waals surface area contributed by atoms with Crippen LogP contribution in [0, 0.1) is 10.1 Å². The van der Waals surface area contributed by atoms with Crippen molar-refractivity contribution in [3.05, 3.63) is 33.9 Å². The van der Waals surface area contributed by atoms with Gasteiger partial charge in [-0.25, -0.2) is 13.6 Å². The zero-order valence-electron chi connectivity index (χ0n) is 7.93. The molecule has 0 bridgehead atoms. The van der Waals surface area contributed by atoms with E-state index >= 15 is 0 Å². The normalized spacial score (nSPS) is 12.5. The van der Waals surface area contributed by atoms with Crippen LogP contribution in [0.25, 0.3) is 0 Å². The highest BCUT2D eigenvalue weighted by Gasteiger charge is 2.34. The summed E-state index contributed by atoms with van der Waals surface area (Å²) in [5.41, 5.74) is -2.33. The molecule has 0 aliphatic heterocycles. The van der Waals surface area contributed by atoms with Gasteiger partial charge in [0.1, 0.15) is 0 Å². The first-order valence-corrected chi connectivity index (χ1v) is 5.46. The number of benzene rings is 1. The summed E-state index contributed by atoms with van der Waals surface area (Å²) in [5, 5.41) is 15.0. The summed E-state index contributed by atoms with van der Waals surface area (Å²) in [6.45, 7) is 0. The number of hydrogen-bond donors (Lipinski definition) is 1. The van der Waals surface area contributed by atoms with E-state index in [0.717, 1.165) is 0 Å². The highest BCUT2D eigenvalue weighted by atomic mass is 32.2. The number of nitro groups is 1. The number of primary sulfonamides is 1. The van der Waals surface area contributed by atoms with Crippen molar-refractivity contribution in [1.29, 1.82) is 0 Å². The van der Waals surface area contributed by atoms with Crippen molar-refractivity contribution in [2.75, 3.05) is 0 Å². The van der Waals surface area contributed by atoms with Crippen LogP contribution < -0.4 is 5.14 Å². The second-order valence-electron chi connectivity index (χ2n) is 2.98. The summed E-state index contributed by atoms with van der Waals surface area (Å²) in [7, 11) is -4.60. The molecule has 2 N–H and O–H groups in total. The van der Waals surface area contributed by atoms with Gasteiger partial charge in [0.05, 0.1) is 10.5 Å². The van der Waals surface area contributed by atoms with Crippen LogP contribution in [0.5, 0.6) is 0 Å². The van der Waals surface area contributed by atoms with Crippen LogP contribution >= 0.6 is 0 Å². The number of sulfonamides is 1. The van der Waals surface area contributed by atoms with E-state index in [0.29, 0.717) is 12.1 Å². The van der Waals surface area contributed by atoms with E-state index in [4.69, 9.17) is 0 Å². The Bertz CT molecular complexity index is 567. The molecule has 10 heteroatoms. The molecule has 17 heavy (non-hydrogen) atoms. The van der Waals surface area contributed by atoms with Crippen LogP contribution in [0.3, 0.4) is 0 Å². The standard InChI is InChI=1S/C7H5F3N2O4S/c8-7(9,10)4-1-2-5(12(13)14)6(3-4)17(11,15)16/h1-3H,(H2,11,15,16). The minimum atomic E-state index is -4.81. The van der Waals surface area contributed by atoms with E-state index < -0.39 is 37.3 Å². The van der Waals surface area contributed by atoms with Gasteiger partial charge in [0, 0.05) is 6.07 Å². The zero-order valence-corrected chi connectivity index (χ0v) is 8.75. The average molecular weight is 270 g/mol. The molecule has 0 amide bonds. The van der Waals surface area contributed by atoms with Crippen molar-refractivity contribution in [3.63, 3.8) is 0 Å². The predicted molar refractivity (Wildman–Crippen MR) is 49.5 cm³/mol. The summed E-state index contributed by atoms with van der Waals surface area (Å²) in [4.78, 5) is 8.14. The molecule has 0 heterocycles. The van der Waals surface area contributed by atoms with Crippen LogP contribution in [0.1, 0.15) is 5.56 Å². The summed E-state index contributed by atoms with van der Waals surface area (Å²) in [6, 6.07) is 0.989. The van der Waals surface area contributed by atoms with Crippen LogP contribution in [-0.4, -0.2) is 13.3 Å². The van der Waals surface area contributed by atoms with Gasteiger partial charge in [-0.1, -0.05) is 0 Å². The quantitative estimate of drug-likeness (QED) is 0.645. The molecule has 0 unspecified atom stereocenters. The number of hydrogen-bond acceptors (Lipinski definition) is 4. The number of halogens is 3. The second kappa shape index (κ2) is 3.96. The number of nitrogens with zero attached hydrogens (tertiary/aromatic N) is 1. The van der Waals surface area contributed by atoms with E-state index in [9.17, 15) is 31.7 Å². The maximum atomic E-state index is 12.3. The summed E-state index contributed by atoms with van der Waals surface area (Å²) in [6.07, 6.45) is -4.81. The lowest BCUT2D eigenvalue weighted by Crippen LogP contribution is -2.16. The van der Waals surface area contributed by atoms with Crippen LogP contribution in [-0.2, 0) is 16.2 Å². The molecule has 6 nitrogen and oxygen atoms in total. The predicted octanol–water partition coefficient (Wildman–Crippen LogP) is 1.26. The first-order valence-electron chi connectivity index (χ1n) is 3.92. The van der Waals surface area contributed by atoms with Gasteiger partial charge >= 0.3 is 6.18 Å². The molecule has 0 radical (unpaired) electrons. The van der Waals surface area contributed by atoms with Crippen LogP contribution in [0.2, 0.25) is 0 Å². The Kier molecular flexibility index (Phi) is 3.12. The summed E-state index contributed by atoms with van der Waals surface area (Å²) in [5.74, 6) is 0. The fourth-order valence-corrected chi connectivity index (χ4v) is 1.79. The first-order chi connectivity index (χ1) is 7.53. The SMILES string of the molecule is NS(=O)(=O)c1cc(C(F)(F)F)ccc1[N+](=O)[O-]. The summed E-state index contributed by atoms with van der Waals surface area (Å²) >= 11 is 0. The van der Waals surface area contributed by atoms with E-state index in [1.807, 2.05) is 0 Å². The van der Waals surface area contributed by atoms with Gasteiger partial charge < -0.3 is 0 Å². The van der Waals surface area contributed by atoms with Crippen molar-refractivity contribution in [1.82, 2.24) is 0 Å². The highest BCUT2D eigenvalue weighted by molar-refractivity contribution is 7.89. The molecule has 0 aliphatic carbocycles. The van der Waals surface area contributed by atoms with Gasteiger partial charge in [0.2, 0.25) is 10.0 Å². The highest BCUT2D eigenvalue weighted by Crippen LogP contribution is 2.33. The molecule has 0 fully saturated rings. The number of nitro benzene ring substituents is 1. The van der Waals surface area contributed by atoms with E-state index in [2.05, 4.69) is 5.14 Å². The Balaban J connectivity index is 3.57. The van der Waals surface area contributed by atoms with Gasteiger partial charge in [-0.15, -0.1) is 0 Å². The number of rotatable bonds is 2. The third-order valence-corrected chi connectivity index (χ3v) is 2.73. The third-order valence-electron chi connectivity index (χ3n) is 1.79. The molecule has 0 aromatic heterocycles. The number of nitrogens with two attached hydrogens (primary N) is 1. The fraction of sp³-hybridized carbons (Fsp3) is 0.143. The monoisotopic (exact) mass is 270 g/mol. The van der Waals surface area contributed by atoms with E-state index in [1.54, 1.807) is 0 Å². The van der Waals surface area contributed by atoms with Crippen molar-refractivity contribution in [2.24, 2.45) is 5.14 Å². The van der Waals surface area contributed by atoms with Crippen molar-refractivity contribution in [2.45, 2.75) is 11.1 Å². The molecule has 1 aromatic rings. The molecule has 1 rings (SSSR count). The van der Waals surface area contributed by atoms with Gasteiger partial charge in [0.15, 0.2) is 4.90 Å². The minimum Gasteiger partial charge on any atom is -0.258 e. The molecule has 0 aliphatic rings. The number of alkyl halides is 3. The fourth-order valence-electron chi connectivity index (χ4n) is 1.07. The van der Waals surface area contributed by atoms with Gasteiger partial charge in [-0.05, 0) is 12.1 Å². The molecule has 0 atom stereocenters. The van der Waals surface area contributed by atoms with Crippen LogP contribution in [0.15, 0.2) is 23.1 Å². The molecule has 0 saturated heterocycles. The molecule has 0 spiro atoms. The third kappa shape index (κ3) is 2.91. The minimum absolute atomic E-state index is 0.132. The van der Waals surface area contributed by atoms with E-state index in [-0.39, 0.29) is 6.07 Å². The molecule has 0 saturated carbocycles. The molecule has 1 aromatic carbocycles.